The Bertz CT molecular complexity index is 434. The van der Waals surface area contributed by atoms with Crippen LogP contribution in [0.25, 0.3) is 0 Å². The molecule has 1 aliphatic heterocycles. The van der Waals surface area contributed by atoms with Crippen molar-refractivity contribution in [1.29, 1.82) is 0 Å². The fraction of sp³-hybridized carbons (Fsp3) is 0.417. The van der Waals surface area contributed by atoms with Crippen molar-refractivity contribution in [2.45, 2.75) is 12.5 Å². The summed E-state index contributed by atoms with van der Waals surface area (Å²) < 4.78 is 5.27. The maximum Gasteiger partial charge on any atom is 0.337 e. The number of hydrogen-bond acceptors (Lipinski definition) is 4. The zero-order valence-electron chi connectivity index (χ0n) is 9.72. The standard InChI is InChI=1S/C12H16N2O3/c1-17-9-4-5-14(7-9)11-6-8(13)2-3-10(11)12(15)16/h2-3,6,9H,4-5,7,13H2,1H3,(H,15,16). The fourth-order valence-corrected chi connectivity index (χ4v) is 2.13. The highest BCUT2D eigenvalue weighted by atomic mass is 16.5. The molecule has 92 valence electrons. The first-order chi connectivity index (χ1) is 8.11. The molecule has 0 radical (unpaired) electrons. The highest BCUT2D eigenvalue weighted by Crippen LogP contribution is 2.27. The highest BCUT2D eigenvalue weighted by molar-refractivity contribution is 5.95. The van der Waals surface area contributed by atoms with Gasteiger partial charge in [0.25, 0.3) is 0 Å². The number of carboxylic acids is 1. The van der Waals surface area contributed by atoms with E-state index in [1.54, 1.807) is 25.3 Å². The summed E-state index contributed by atoms with van der Waals surface area (Å²) in [6.45, 7) is 1.50. The predicted molar refractivity (Wildman–Crippen MR) is 65.4 cm³/mol. The van der Waals surface area contributed by atoms with Crippen molar-refractivity contribution in [3.8, 4) is 0 Å². The van der Waals surface area contributed by atoms with E-state index in [-0.39, 0.29) is 11.7 Å². The monoisotopic (exact) mass is 236 g/mol. The van der Waals surface area contributed by atoms with Gasteiger partial charge in [-0.25, -0.2) is 4.79 Å². The smallest absolute Gasteiger partial charge is 0.337 e. The topological polar surface area (TPSA) is 75.8 Å². The molecule has 1 saturated heterocycles. The van der Waals surface area contributed by atoms with E-state index in [9.17, 15) is 4.79 Å². The van der Waals surface area contributed by atoms with Crippen LogP contribution in [0.3, 0.4) is 0 Å². The molecule has 0 aromatic heterocycles. The first-order valence-electron chi connectivity index (χ1n) is 5.52. The van der Waals surface area contributed by atoms with Gasteiger partial charge in [0.1, 0.15) is 0 Å². The Morgan fingerprint density at radius 2 is 2.35 bits per heavy atom. The second-order valence-corrected chi connectivity index (χ2v) is 4.17. The molecule has 17 heavy (non-hydrogen) atoms. The summed E-state index contributed by atoms with van der Waals surface area (Å²) in [6, 6.07) is 4.87. The van der Waals surface area contributed by atoms with E-state index in [1.807, 2.05) is 4.90 Å². The average Bonchev–Trinajstić information content (AvgIpc) is 2.76. The van der Waals surface area contributed by atoms with Gasteiger partial charge in [-0.15, -0.1) is 0 Å². The zero-order chi connectivity index (χ0) is 12.4. The van der Waals surface area contributed by atoms with E-state index >= 15 is 0 Å². The molecular weight excluding hydrogens is 220 g/mol. The van der Waals surface area contributed by atoms with Crippen molar-refractivity contribution < 1.29 is 14.6 Å². The molecule has 0 bridgehead atoms. The third-order valence-electron chi connectivity index (χ3n) is 3.07. The summed E-state index contributed by atoms with van der Waals surface area (Å²) in [6.07, 6.45) is 1.07. The van der Waals surface area contributed by atoms with Gasteiger partial charge in [-0.3, -0.25) is 0 Å². The Balaban J connectivity index is 2.31. The number of carboxylic acid groups (broad SMARTS) is 1. The Labute approximate surface area is 99.8 Å². The van der Waals surface area contributed by atoms with Crippen LogP contribution in [0.2, 0.25) is 0 Å². The maximum atomic E-state index is 11.1. The van der Waals surface area contributed by atoms with Gasteiger partial charge < -0.3 is 20.5 Å². The van der Waals surface area contributed by atoms with Gasteiger partial charge in [0, 0.05) is 25.9 Å². The number of anilines is 2. The minimum atomic E-state index is -0.930. The van der Waals surface area contributed by atoms with Crippen molar-refractivity contribution in [2.75, 3.05) is 30.8 Å². The van der Waals surface area contributed by atoms with Crippen molar-refractivity contribution in [3.63, 3.8) is 0 Å². The summed E-state index contributed by atoms with van der Waals surface area (Å²) in [5.41, 5.74) is 7.25. The molecule has 5 heteroatoms. The molecule has 1 aromatic carbocycles. The second-order valence-electron chi connectivity index (χ2n) is 4.17. The van der Waals surface area contributed by atoms with Crippen LogP contribution in [0, 0.1) is 0 Å². The zero-order valence-corrected chi connectivity index (χ0v) is 9.72. The Hall–Kier alpha value is -1.75. The molecule has 1 aromatic rings. The molecule has 0 aliphatic carbocycles. The SMILES string of the molecule is COC1CCN(c2cc(N)ccc2C(=O)O)C1. The first kappa shape index (κ1) is 11.7. The second kappa shape index (κ2) is 4.63. The van der Waals surface area contributed by atoms with E-state index in [0.29, 0.717) is 17.9 Å². The van der Waals surface area contributed by atoms with Crippen LogP contribution in [0.4, 0.5) is 11.4 Å². The molecule has 1 heterocycles. The van der Waals surface area contributed by atoms with E-state index in [0.717, 1.165) is 13.0 Å². The normalized spacial score (nSPS) is 19.6. The molecule has 2 rings (SSSR count). The summed E-state index contributed by atoms with van der Waals surface area (Å²) >= 11 is 0. The summed E-state index contributed by atoms with van der Waals surface area (Å²) in [5, 5.41) is 9.14. The summed E-state index contributed by atoms with van der Waals surface area (Å²) in [5.74, 6) is -0.930. The van der Waals surface area contributed by atoms with Gasteiger partial charge in [0.15, 0.2) is 0 Å². The van der Waals surface area contributed by atoms with Gasteiger partial charge >= 0.3 is 5.97 Å². The molecule has 3 N–H and O–H groups in total. The molecule has 1 unspecified atom stereocenters. The van der Waals surface area contributed by atoms with Gasteiger partial charge in [-0.1, -0.05) is 0 Å². The molecule has 1 atom stereocenters. The minimum absolute atomic E-state index is 0.165. The lowest BCUT2D eigenvalue weighted by Crippen LogP contribution is -2.24. The fourth-order valence-electron chi connectivity index (χ4n) is 2.13. The number of methoxy groups -OCH3 is 1. The molecule has 0 spiro atoms. The average molecular weight is 236 g/mol. The molecular formula is C12H16N2O3. The molecule has 0 amide bonds. The van der Waals surface area contributed by atoms with Gasteiger partial charge in [0.2, 0.25) is 0 Å². The highest BCUT2D eigenvalue weighted by Gasteiger charge is 2.25. The number of rotatable bonds is 3. The van der Waals surface area contributed by atoms with Crippen LogP contribution in [0.15, 0.2) is 18.2 Å². The third-order valence-corrected chi connectivity index (χ3v) is 3.07. The first-order valence-corrected chi connectivity index (χ1v) is 5.52. The Morgan fingerprint density at radius 3 is 2.94 bits per heavy atom. The van der Waals surface area contributed by atoms with Gasteiger partial charge in [-0.05, 0) is 24.6 Å². The number of nitrogens with zero attached hydrogens (tertiary/aromatic N) is 1. The number of aromatic carboxylic acids is 1. The number of benzene rings is 1. The van der Waals surface area contributed by atoms with E-state index in [2.05, 4.69) is 0 Å². The van der Waals surface area contributed by atoms with E-state index < -0.39 is 5.97 Å². The van der Waals surface area contributed by atoms with Crippen molar-refractivity contribution in [2.24, 2.45) is 0 Å². The Kier molecular flexibility index (Phi) is 3.19. The van der Waals surface area contributed by atoms with Crippen molar-refractivity contribution >= 4 is 17.3 Å². The number of carbonyl (C=O) groups is 1. The van der Waals surface area contributed by atoms with Crippen molar-refractivity contribution in [1.82, 2.24) is 0 Å². The lowest BCUT2D eigenvalue weighted by Gasteiger charge is -2.20. The third kappa shape index (κ3) is 2.34. The van der Waals surface area contributed by atoms with Gasteiger partial charge in [0.05, 0.1) is 17.4 Å². The van der Waals surface area contributed by atoms with Crippen LogP contribution >= 0.6 is 0 Å². The quantitative estimate of drug-likeness (QED) is 0.771. The lowest BCUT2D eigenvalue weighted by atomic mass is 10.1. The van der Waals surface area contributed by atoms with E-state index in [4.69, 9.17) is 15.6 Å². The van der Waals surface area contributed by atoms with Gasteiger partial charge in [-0.2, -0.15) is 0 Å². The number of nitrogen functional groups attached to an aromatic ring is 1. The predicted octanol–water partition coefficient (Wildman–Crippen LogP) is 1.19. The number of ether oxygens (including phenoxy) is 1. The Morgan fingerprint density at radius 1 is 1.59 bits per heavy atom. The summed E-state index contributed by atoms with van der Waals surface area (Å²) in [4.78, 5) is 13.2. The molecule has 5 nitrogen and oxygen atoms in total. The number of hydrogen-bond donors (Lipinski definition) is 2. The van der Waals surface area contributed by atoms with Crippen molar-refractivity contribution in [3.05, 3.63) is 23.8 Å². The van der Waals surface area contributed by atoms with Crippen LogP contribution in [-0.2, 0) is 4.74 Å². The lowest BCUT2D eigenvalue weighted by molar-refractivity contribution is 0.0697. The van der Waals surface area contributed by atoms with Crippen LogP contribution < -0.4 is 10.6 Å². The summed E-state index contributed by atoms with van der Waals surface area (Å²) in [7, 11) is 1.67. The maximum absolute atomic E-state index is 11.1. The molecule has 1 fully saturated rings. The molecule has 0 saturated carbocycles. The minimum Gasteiger partial charge on any atom is -0.478 e. The molecule has 1 aliphatic rings. The number of nitrogens with two attached hydrogens (primary N) is 1. The van der Waals surface area contributed by atoms with Crippen LogP contribution in [-0.4, -0.2) is 37.4 Å². The largest absolute Gasteiger partial charge is 0.478 e. The van der Waals surface area contributed by atoms with E-state index in [1.165, 1.54) is 0 Å². The van der Waals surface area contributed by atoms with Crippen LogP contribution in [0.1, 0.15) is 16.8 Å². The van der Waals surface area contributed by atoms with Crippen LogP contribution in [0.5, 0.6) is 0 Å².